The van der Waals surface area contributed by atoms with Gasteiger partial charge in [-0.2, -0.15) is 0 Å². The fourth-order valence-electron chi connectivity index (χ4n) is 7.22. The van der Waals surface area contributed by atoms with Crippen LogP contribution in [0.2, 0.25) is 0 Å². The second-order valence-electron chi connectivity index (χ2n) is 15.1. The summed E-state index contributed by atoms with van der Waals surface area (Å²) >= 11 is 0. The number of benzene rings is 4. The third-order valence-corrected chi connectivity index (χ3v) is 10.5. The quantitative estimate of drug-likeness (QED) is 0.103. The fourth-order valence-corrected chi connectivity index (χ4v) is 7.22. The highest BCUT2D eigenvalue weighted by atomic mass is 16.3. The van der Waals surface area contributed by atoms with Gasteiger partial charge in [0.15, 0.2) is 0 Å². The first-order valence-electron chi connectivity index (χ1n) is 19.7. The van der Waals surface area contributed by atoms with E-state index in [0.717, 1.165) is 33.2 Å². The van der Waals surface area contributed by atoms with Crippen LogP contribution in [0.15, 0.2) is 103 Å². The molecule has 0 aliphatic carbocycles. The number of fused-ring (bicyclic) bond motifs is 5. The average molecular weight is 786 g/mol. The molecule has 13 nitrogen and oxygen atoms in total. The average Bonchev–Trinajstić information content (AvgIpc) is 3.63. The maximum Gasteiger partial charge on any atom is 0.251 e. The van der Waals surface area contributed by atoms with Crippen LogP contribution in [-0.2, 0) is 38.6 Å². The maximum atomic E-state index is 14.5. The van der Waals surface area contributed by atoms with Crippen LogP contribution in [-0.4, -0.2) is 70.3 Å². The lowest BCUT2D eigenvalue weighted by Gasteiger charge is -2.28. The molecule has 0 saturated carbocycles. The molecule has 1 aromatic heterocycles. The highest BCUT2D eigenvalue weighted by Crippen LogP contribution is 2.26. The number of phenolic OH excluding ortho intramolecular Hbond substituents is 1. The van der Waals surface area contributed by atoms with Gasteiger partial charge in [0.05, 0.1) is 0 Å². The number of hydrogen-bond acceptors (Lipinski definition) is 7. The van der Waals surface area contributed by atoms with Gasteiger partial charge in [-0.1, -0.05) is 80.6 Å². The molecule has 0 radical (unpaired) electrons. The van der Waals surface area contributed by atoms with Crippen LogP contribution in [0.4, 0.5) is 0 Å². The zero-order valence-electron chi connectivity index (χ0n) is 32.7. The number of rotatable bonds is 9. The Hall–Kier alpha value is -6.47. The van der Waals surface area contributed by atoms with Crippen molar-refractivity contribution in [2.45, 2.75) is 76.7 Å². The lowest BCUT2D eigenvalue weighted by molar-refractivity contribution is -0.134. The van der Waals surface area contributed by atoms with Gasteiger partial charge in [-0.15, -0.1) is 0 Å². The SMILES string of the molecule is CC(C)[C@@H]1NC(=O)[C@H](CCCCN)NC(=O)[C@@H](Cc2c[nH]c3ccccc23)NC(=O)C(Cc2ccc(O)cc2)NC(=O)c2cccc(c2)-c2ccccc2CNC1=O. The standard InChI is InChI=1S/C45H51N7O6/c1-27(2)40-45(58)48-25-31-10-3-4-13-34(31)29-11-9-12-30(23-29)41(54)50-38(22-28-17-19-33(53)20-18-28)43(56)51-39(24-32-26-47-36-15-6-5-14-35(32)36)44(57)49-37(42(55)52-40)16-7-8-21-46/h3-6,9-15,17-20,23,26-27,37-40,47,53H,7-8,16,21-22,24-25,46H2,1-2H3,(H,48,58)(H,49,57)(H,50,54)(H,51,56)(H,52,55)/t37-,38?,39+,40-/m0/s1. The van der Waals surface area contributed by atoms with E-state index in [0.29, 0.717) is 30.5 Å². The molecule has 1 unspecified atom stereocenters. The van der Waals surface area contributed by atoms with E-state index in [1.54, 1.807) is 36.5 Å². The third-order valence-electron chi connectivity index (χ3n) is 10.5. The van der Waals surface area contributed by atoms with Crippen LogP contribution < -0.4 is 32.3 Å². The Morgan fingerprint density at radius 2 is 1.36 bits per heavy atom. The predicted molar refractivity (Wildman–Crippen MR) is 222 cm³/mol. The van der Waals surface area contributed by atoms with Crippen molar-refractivity contribution in [3.05, 3.63) is 126 Å². The number of aromatic amines is 1. The van der Waals surface area contributed by atoms with E-state index in [1.807, 2.05) is 68.4 Å². The molecule has 4 aromatic carbocycles. The van der Waals surface area contributed by atoms with E-state index in [9.17, 15) is 29.1 Å². The molecule has 5 amide bonds. The molecule has 302 valence electrons. The van der Waals surface area contributed by atoms with Crippen molar-refractivity contribution in [3.8, 4) is 16.9 Å². The van der Waals surface area contributed by atoms with Crippen LogP contribution >= 0.6 is 0 Å². The molecule has 58 heavy (non-hydrogen) atoms. The molecule has 1 aliphatic rings. The van der Waals surface area contributed by atoms with Gasteiger partial charge in [-0.05, 0) is 89.9 Å². The van der Waals surface area contributed by atoms with Crippen molar-refractivity contribution in [3.63, 3.8) is 0 Å². The molecule has 0 spiro atoms. The van der Waals surface area contributed by atoms with Gasteiger partial charge in [0.25, 0.3) is 5.91 Å². The number of para-hydroxylation sites is 1. The highest BCUT2D eigenvalue weighted by Gasteiger charge is 2.33. The van der Waals surface area contributed by atoms with Gasteiger partial charge >= 0.3 is 0 Å². The van der Waals surface area contributed by atoms with Crippen LogP contribution in [0.25, 0.3) is 22.0 Å². The third kappa shape index (κ3) is 10.3. The van der Waals surface area contributed by atoms with Crippen molar-refractivity contribution < 1.29 is 29.1 Å². The number of phenols is 1. The zero-order chi connectivity index (χ0) is 41.2. The number of H-pyrrole nitrogens is 1. The van der Waals surface area contributed by atoms with Crippen molar-refractivity contribution in [2.24, 2.45) is 11.7 Å². The summed E-state index contributed by atoms with van der Waals surface area (Å²) in [6, 6.07) is 24.1. The van der Waals surface area contributed by atoms with Gasteiger partial charge in [-0.25, -0.2) is 0 Å². The second-order valence-corrected chi connectivity index (χ2v) is 15.1. The summed E-state index contributed by atoms with van der Waals surface area (Å²) in [6.45, 7) is 4.19. The first-order valence-corrected chi connectivity index (χ1v) is 19.7. The van der Waals surface area contributed by atoms with Crippen LogP contribution in [0.3, 0.4) is 0 Å². The number of aromatic hydroxyl groups is 1. The normalized spacial score (nSPS) is 19.7. The number of aromatic nitrogens is 1. The smallest absolute Gasteiger partial charge is 0.251 e. The van der Waals surface area contributed by atoms with Crippen molar-refractivity contribution in [1.82, 2.24) is 31.6 Å². The van der Waals surface area contributed by atoms with Crippen LogP contribution in [0.1, 0.15) is 60.2 Å². The zero-order valence-corrected chi connectivity index (χ0v) is 32.7. The summed E-state index contributed by atoms with van der Waals surface area (Å²) in [6.07, 6.45) is 3.23. The van der Waals surface area contributed by atoms with Crippen LogP contribution in [0, 0.1) is 5.92 Å². The highest BCUT2D eigenvalue weighted by molar-refractivity contribution is 6.00. The predicted octanol–water partition coefficient (Wildman–Crippen LogP) is 3.99. The minimum atomic E-state index is -1.19. The van der Waals surface area contributed by atoms with Crippen molar-refractivity contribution in [2.75, 3.05) is 6.54 Å². The number of hydrogen-bond donors (Lipinski definition) is 8. The molecule has 9 N–H and O–H groups in total. The van der Waals surface area contributed by atoms with Gasteiger partial charge in [0.1, 0.15) is 29.9 Å². The molecule has 6 rings (SSSR count). The minimum Gasteiger partial charge on any atom is -0.508 e. The first-order chi connectivity index (χ1) is 28.0. The molecule has 4 atom stereocenters. The summed E-state index contributed by atoms with van der Waals surface area (Å²) < 4.78 is 0. The molecule has 2 bridgehead atoms. The Bertz CT molecular complexity index is 2250. The summed E-state index contributed by atoms with van der Waals surface area (Å²) in [5, 5.41) is 25.4. The Morgan fingerprint density at radius 3 is 2.12 bits per heavy atom. The van der Waals surface area contributed by atoms with Crippen LogP contribution in [0.5, 0.6) is 5.75 Å². The Balaban J connectivity index is 1.42. The van der Waals surface area contributed by atoms with E-state index in [2.05, 4.69) is 31.6 Å². The maximum absolute atomic E-state index is 14.5. The van der Waals surface area contributed by atoms with Crippen molar-refractivity contribution in [1.29, 1.82) is 0 Å². The summed E-state index contributed by atoms with van der Waals surface area (Å²) in [5.41, 5.74) is 10.6. The molecular formula is C45H51N7O6. The largest absolute Gasteiger partial charge is 0.508 e. The number of nitrogens with one attached hydrogen (secondary N) is 6. The number of nitrogens with two attached hydrogens (primary N) is 1. The molecule has 5 aromatic rings. The molecular weight excluding hydrogens is 735 g/mol. The van der Waals surface area contributed by atoms with Gasteiger partial charge in [-0.3, -0.25) is 24.0 Å². The lowest BCUT2D eigenvalue weighted by Crippen LogP contribution is -2.59. The Kier molecular flexibility index (Phi) is 13.6. The van der Waals surface area contributed by atoms with Crippen molar-refractivity contribution >= 4 is 40.4 Å². The summed E-state index contributed by atoms with van der Waals surface area (Å²) in [7, 11) is 0. The van der Waals surface area contributed by atoms with Gasteiger partial charge in [0, 0.05) is 42.0 Å². The van der Waals surface area contributed by atoms with E-state index in [1.165, 1.54) is 12.1 Å². The molecule has 0 saturated heterocycles. The first kappa shape index (κ1) is 41.2. The molecule has 0 fully saturated rings. The number of carbonyl (C=O) groups is 5. The fraction of sp³-hybridized carbons (Fsp3) is 0.311. The molecule has 13 heteroatoms. The van der Waals surface area contributed by atoms with E-state index >= 15 is 0 Å². The summed E-state index contributed by atoms with van der Waals surface area (Å²) in [5.74, 6) is -2.95. The minimum absolute atomic E-state index is 0.0439. The molecule has 1 aliphatic heterocycles. The second kappa shape index (κ2) is 19.1. The monoisotopic (exact) mass is 785 g/mol. The Labute approximate surface area is 337 Å². The van der Waals surface area contributed by atoms with E-state index in [-0.39, 0.29) is 37.5 Å². The van der Waals surface area contributed by atoms with E-state index in [4.69, 9.17) is 5.73 Å². The number of carbonyl (C=O) groups excluding carboxylic acids is 5. The Morgan fingerprint density at radius 1 is 0.690 bits per heavy atom. The van der Waals surface area contributed by atoms with Gasteiger partial charge < -0.3 is 42.4 Å². The van der Waals surface area contributed by atoms with E-state index < -0.39 is 53.7 Å². The van der Waals surface area contributed by atoms with Gasteiger partial charge in [0.2, 0.25) is 23.6 Å². The topological polar surface area (TPSA) is 208 Å². The lowest BCUT2D eigenvalue weighted by atomic mass is 9.97. The molecule has 2 heterocycles. The summed E-state index contributed by atoms with van der Waals surface area (Å²) in [4.78, 5) is 74.0. The number of unbranched alkanes of at least 4 members (excludes halogenated alkanes) is 1. The number of amides is 5.